The first kappa shape index (κ1) is 23.5. The third-order valence-electron chi connectivity index (χ3n) is 4.59. The van der Waals surface area contributed by atoms with E-state index in [1.165, 1.54) is 11.6 Å². The van der Waals surface area contributed by atoms with Gasteiger partial charge in [-0.15, -0.1) is 11.3 Å². The highest BCUT2D eigenvalue weighted by Gasteiger charge is 2.26. The van der Waals surface area contributed by atoms with Crippen LogP contribution in [0.4, 0.5) is 5.00 Å². The normalized spacial score (nSPS) is 10.8. The largest absolute Gasteiger partial charge is 0.462 e. The quantitative estimate of drug-likeness (QED) is 0.307. The summed E-state index contributed by atoms with van der Waals surface area (Å²) in [6.07, 6.45) is 0. The number of aromatic nitrogens is 2. The number of esters is 1. The number of carbonyl (C=O) groups is 3. The lowest BCUT2D eigenvalue weighted by Gasteiger charge is -2.09. The van der Waals surface area contributed by atoms with Gasteiger partial charge in [0.15, 0.2) is 5.16 Å². The minimum Gasteiger partial charge on any atom is -0.462 e. The molecule has 0 aliphatic rings. The van der Waals surface area contributed by atoms with Crippen LogP contribution in [0.15, 0.2) is 34.2 Å². The number of amides is 2. The summed E-state index contributed by atoms with van der Waals surface area (Å²) in [7, 11) is 3.08. The lowest BCUT2D eigenvalue weighted by Crippen LogP contribution is -2.21. The third-order valence-corrected chi connectivity index (χ3v) is 6.82. The second kappa shape index (κ2) is 9.96. The Morgan fingerprint density at radius 3 is 2.66 bits per heavy atom. The van der Waals surface area contributed by atoms with Crippen LogP contribution in [-0.4, -0.2) is 46.7 Å². The predicted molar refractivity (Wildman–Crippen MR) is 125 cm³/mol. The number of hydrogen-bond acceptors (Lipinski definition) is 8. The minimum absolute atomic E-state index is 0.0485. The fourth-order valence-electron chi connectivity index (χ4n) is 3.00. The summed E-state index contributed by atoms with van der Waals surface area (Å²) in [5.74, 6) is -1.43. The number of benzene rings is 1. The fourth-order valence-corrected chi connectivity index (χ4v) is 4.93. The molecule has 0 saturated carbocycles. The van der Waals surface area contributed by atoms with Gasteiger partial charge in [0, 0.05) is 14.1 Å². The molecule has 9 nitrogen and oxygen atoms in total. The van der Waals surface area contributed by atoms with Crippen molar-refractivity contribution in [3.8, 4) is 0 Å². The molecule has 1 aromatic carbocycles. The van der Waals surface area contributed by atoms with Crippen molar-refractivity contribution in [1.82, 2.24) is 14.9 Å². The summed E-state index contributed by atoms with van der Waals surface area (Å²) in [5, 5.41) is 6.35. The first-order chi connectivity index (χ1) is 15.3. The Balaban J connectivity index is 1.83. The molecule has 168 valence electrons. The van der Waals surface area contributed by atoms with Gasteiger partial charge in [0.25, 0.3) is 11.5 Å². The van der Waals surface area contributed by atoms with E-state index in [0.717, 1.165) is 23.1 Å². The van der Waals surface area contributed by atoms with Crippen LogP contribution in [0.2, 0.25) is 0 Å². The number of fused-ring (bicyclic) bond motifs is 1. The van der Waals surface area contributed by atoms with E-state index < -0.39 is 11.9 Å². The SMILES string of the molecule is CCOC(=O)c1c(NC(=O)CSc2nc3ccccc3c(=O)n2C)sc(C(=O)NC)c1C. The van der Waals surface area contributed by atoms with Crippen molar-refractivity contribution in [1.29, 1.82) is 0 Å². The van der Waals surface area contributed by atoms with Crippen LogP contribution in [0.25, 0.3) is 10.9 Å². The summed E-state index contributed by atoms with van der Waals surface area (Å²) in [6, 6.07) is 6.99. The standard InChI is InChI=1S/C21H22N4O5S2/c1-5-30-20(29)15-11(2)16(17(27)22-3)32-18(15)24-14(26)10-31-21-23-13-9-7-6-8-12(13)19(28)25(21)4/h6-9H,5,10H2,1-4H3,(H,22,27)(H,24,26). The van der Waals surface area contributed by atoms with Gasteiger partial charge in [-0.1, -0.05) is 23.9 Å². The number of hydrogen-bond donors (Lipinski definition) is 2. The van der Waals surface area contributed by atoms with Crippen LogP contribution in [0.5, 0.6) is 0 Å². The van der Waals surface area contributed by atoms with Crippen molar-refractivity contribution in [3.63, 3.8) is 0 Å². The lowest BCUT2D eigenvalue weighted by atomic mass is 10.1. The molecule has 0 saturated heterocycles. The summed E-state index contributed by atoms with van der Waals surface area (Å²) in [5.41, 5.74) is 0.943. The van der Waals surface area contributed by atoms with E-state index >= 15 is 0 Å². The second-order valence-corrected chi connectivity index (χ2v) is 8.64. The number of nitrogens with zero attached hydrogens (tertiary/aromatic N) is 2. The Hall–Kier alpha value is -3.18. The molecule has 3 aromatic rings. The highest BCUT2D eigenvalue weighted by Crippen LogP contribution is 2.34. The number of thioether (sulfide) groups is 1. The third kappa shape index (κ3) is 4.68. The second-order valence-electron chi connectivity index (χ2n) is 6.67. The Morgan fingerprint density at radius 1 is 1.25 bits per heavy atom. The van der Waals surface area contributed by atoms with Gasteiger partial charge in [-0.2, -0.15) is 0 Å². The van der Waals surface area contributed by atoms with Gasteiger partial charge in [-0.3, -0.25) is 19.0 Å². The van der Waals surface area contributed by atoms with Gasteiger partial charge in [0.1, 0.15) is 5.00 Å². The summed E-state index contributed by atoms with van der Waals surface area (Å²) in [6.45, 7) is 3.47. The zero-order valence-electron chi connectivity index (χ0n) is 18.0. The molecular formula is C21H22N4O5S2. The van der Waals surface area contributed by atoms with Crippen LogP contribution < -0.4 is 16.2 Å². The van der Waals surface area contributed by atoms with E-state index in [0.29, 0.717) is 26.5 Å². The van der Waals surface area contributed by atoms with Gasteiger partial charge in [-0.05, 0) is 31.5 Å². The van der Waals surface area contributed by atoms with Gasteiger partial charge in [0.05, 0.1) is 33.7 Å². The summed E-state index contributed by atoms with van der Waals surface area (Å²) < 4.78 is 6.48. The maximum atomic E-state index is 12.6. The van der Waals surface area contributed by atoms with E-state index in [2.05, 4.69) is 15.6 Å². The molecule has 0 aliphatic heterocycles. The van der Waals surface area contributed by atoms with Crippen molar-refractivity contribution in [3.05, 3.63) is 50.6 Å². The van der Waals surface area contributed by atoms with Crippen LogP contribution in [0.1, 0.15) is 32.5 Å². The molecule has 2 aromatic heterocycles. The molecule has 0 unspecified atom stereocenters. The minimum atomic E-state index is -0.613. The molecule has 2 heterocycles. The van der Waals surface area contributed by atoms with E-state index in [1.807, 2.05) is 0 Å². The highest BCUT2D eigenvalue weighted by atomic mass is 32.2. The van der Waals surface area contributed by atoms with Crippen molar-refractivity contribution in [2.24, 2.45) is 7.05 Å². The zero-order chi connectivity index (χ0) is 23.4. The van der Waals surface area contributed by atoms with E-state index in [-0.39, 0.29) is 34.4 Å². The number of carbonyl (C=O) groups excluding carboxylic acids is 3. The smallest absolute Gasteiger partial charge is 0.341 e. The van der Waals surface area contributed by atoms with Gasteiger partial charge >= 0.3 is 5.97 Å². The summed E-state index contributed by atoms with van der Waals surface area (Å²) >= 11 is 2.10. The lowest BCUT2D eigenvalue weighted by molar-refractivity contribution is -0.113. The van der Waals surface area contributed by atoms with Crippen LogP contribution in [0.3, 0.4) is 0 Å². The number of para-hydroxylation sites is 1. The zero-order valence-corrected chi connectivity index (χ0v) is 19.6. The highest BCUT2D eigenvalue weighted by molar-refractivity contribution is 7.99. The number of anilines is 1. The monoisotopic (exact) mass is 474 g/mol. The molecule has 0 radical (unpaired) electrons. The molecule has 2 N–H and O–H groups in total. The summed E-state index contributed by atoms with van der Waals surface area (Å²) in [4.78, 5) is 54.5. The molecular weight excluding hydrogens is 452 g/mol. The molecule has 32 heavy (non-hydrogen) atoms. The number of nitrogens with one attached hydrogen (secondary N) is 2. The topological polar surface area (TPSA) is 119 Å². The molecule has 11 heteroatoms. The van der Waals surface area contributed by atoms with Crippen molar-refractivity contribution in [2.75, 3.05) is 24.7 Å². The number of rotatable bonds is 7. The molecule has 3 rings (SSSR count). The van der Waals surface area contributed by atoms with Gasteiger partial charge in [-0.25, -0.2) is 9.78 Å². The maximum absolute atomic E-state index is 12.6. The van der Waals surface area contributed by atoms with Crippen molar-refractivity contribution < 1.29 is 19.1 Å². The van der Waals surface area contributed by atoms with Crippen LogP contribution in [0, 0.1) is 6.92 Å². The number of ether oxygens (including phenoxy) is 1. The first-order valence-corrected chi connectivity index (χ1v) is 11.5. The van der Waals surface area contributed by atoms with E-state index in [4.69, 9.17) is 4.74 Å². The van der Waals surface area contributed by atoms with Crippen molar-refractivity contribution in [2.45, 2.75) is 19.0 Å². The molecule has 0 atom stereocenters. The number of thiophene rings is 1. The van der Waals surface area contributed by atoms with Gasteiger partial charge < -0.3 is 15.4 Å². The predicted octanol–water partition coefficient (Wildman–Crippen LogP) is 2.57. The maximum Gasteiger partial charge on any atom is 0.341 e. The Morgan fingerprint density at radius 2 is 1.97 bits per heavy atom. The van der Waals surface area contributed by atoms with Crippen LogP contribution >= 0.6 is 23.1 Å². The average Bonchev–Trinajstić information content (AvgIpc) is 3.10. The Kier molecular flexibility index (Phi) is 7.31. The fraction of sp³-hybridized carbons (Fsp3) is 0.286. The van der Waals surface area contributed by atoms with Crippen LogP contribution in [-0.2, 0) is 16.6 Å². The molecule has 0 aliphatic carbocycles. The molecule has 2 amide bonds. The first-order valence-electron chi connectivity index (χ1n) is 9.69. The Labute approximate surface area is 192 Å². The van der Waals surface area contributed by atoms with Crippen molar-refractivity contribution >= 4 is 56.8 Å². The van der Waals surface area contributed by atoms with E-state index in [9.17, 15) is 19.2 Å². The molecule has 0 fully saturated rings. The average molecular weight is 475 g/mol. The van der Waals surface area contributed by atoms with Gasteiger partial charge in [0.2, 0.25) is 5.91 Å². The van der Waals surface area contributed by atoms with E-state index in [1.54, 1.807) is 45.2 Å². The molecule has 0 bridgehead atoms. The Bertz CT molecular complexity index is 1270. The molecule has 0 spiro atoms.